The zero-order valence-electron chi connectivity index (χ0n) is 41.9. The molecule has 4 aromatic rings. The first-order chi connectivity index (χ1) is 34.1. The van der Waals surface area contributed by atoms with Gasteiger partial charge in [0.15, 0.2) is 0 Å². The minimum Gasteiger partial charge on any atom is -0.508 e. The van der Waals surface area contributed by atoms with E-state index in [9.17, 15) is 24.3 Å². The number of likely N-dealkylation sites (tertiary alicyclic amines) is 1. The SMILES string of the molecule is CCn1c(-c2cncnc2)c2c3cc(ccc31)-c1cc(O)cc(c1)[C@@H](OC)[C@H](NC(=O)[C@H](C(C)C)N(C)C(=O)[C@H]1CCN(C(=O)C#CCN3CCOCC3)C1)C(=O)N1CCC[C@H](N1)C(=O)OCC(C)(C)C2. The molecule has 4 aliphatic rings. The molecular formula is C53H67N9O9. The number of likely N-dealkylation sites (N-methyl/N-ethyl adjacent to an activating group) is 1. The molecule has 6 bridgehead atoms. The number of aromatic hydroxyl groups is 1. The fourth-order valence-electron chi connectivity index (χ4n) is 10.5. The second-order valence-electron chi connectivity index (χ2n) is 20.2. The number of aryl methyl sites for hydroxylation is 1. The number of carbonyl (C=O) groups is 5. The largest absolute Gasteiger partial charge is 0.508 e. The standard InChI is InChI=1S/C53H67N9O9/c1-8-61-43-14-13-34-26-40(43)41(47(61)38-28-54-32-55-29-38)27-53(4,5)31-71-52(68)42-11-9-17-62(57-42)51(67)45(48(69-7)37-23-36(34)24-39(63)25-37)56-49(65)46(33(2)3)58(6)50(66)35-15-18-60(30-35)44(64)12-10-16-59-19-21-70-22-20-59/h13-14,23-26,28-29,32-33,35,42,45-46,48,57,63H,8-9,11,15-22,27,30-31H2,1-7H3,(H,56,65)/t35-,42-,45-,46-,48+/m0/s1. The maximum Gasteiger partial charge on any atom is 0.324 e. The van der Waals surface area contributed by atoms with E-state index in [1.165, 1.54) is 29.4 Å². The predicted molar refractivity (Wildman–Crippen MR) is 265 cm³/mol. The number of morpholine rings is 1. The third-order valence-corrected chi connectivity index (χ3v) is 14.1. The van der Waals surface area contributed by atoms with Crippen molar-refractivity contribution in [3.8, 4) is 40.0 Å². The summed E-state index contributed by atoms with van der Waals surface area (Å²) in [6.07, 6.45) is 5.73. The third-order valence-electron chi connectivity index (χ3n) is 14.1. The van der Waals surface area contributed by atoms with Crippen LogP contribution in [0.5, 0.6) is 5.75 Å². The molecule has 18 heteroatoms. The van der Waals surface area contributed by atoms with Crippen LogP contribution in [0.15, 0.2) is 55.1 Å². The molecule has 2 aromatic heterocycles. The molecule has 3 fully saturated rings. The molecule has 0 saturated carbocycles. The first-order valence-electron chi connectivity index (χ1n) is 24.7. The lowest BCUT2D eigenvalue weighted by molar-refractivity contribution is -0.157. The third kappa shape index (κ3) is 11.2. The van der Waals surface area contributed by atoms with Crippen LogP contribution in [0.4, 0.5) is 0 Å². The van der Waals surface area contributed by atoms with Crippen molar-refractivity contribution in [1.29, 1.82) is 0 Å². The molecule has 4 aliphatic heterocycles. The summed E-state index contributed by atoms with van der Waals surface area (Å²) >= 11 is 0. The van der Waals surface area contributed by atoms with Crippen LogP contribution in [0.1, 0.15) is 71.1 Å². The summed E-state index contributed by atoms with van der Waals surface area (Å²) in [4.78, 5) is 85.0. The summed E-state index contributed by atoms with van der Waals surface area (Å²) in [5.41, 5.74) is 8.19. The van der Waals surface area contributed by atoms with E-state index in [4.69, 9.17) is 14.2 Å². The van der Waals surface area contributed by atoms with Gasteiger partial charge in [-0.15, -0.1) is 0 Å². The summed E-state index contributed by atoms with van der Waals surface area (Å²) in [6.45, 7) is 14.5. The van der Waals surface area contributed by atoms with E-state index < -0.39 is 59.3 Å². The van der Waals surface area contributed by atoms with Crippen LogP contribution in [0.2, 0.25) is 0 Å². The molecule has 5 atom stereocenters. The van der Waals surface area contributed by atoms with Crippen molar-refractivity contribution in [3.05, 3.63) is 66.2 Å². The Hall–Kier alpha value is -6.39. The molecular weight excluding hydrogens is 907 g/mol. The molecule has 0 spiro atoms. The van der Waals surface area contributed by atoms with Gasteiger partial charge in [0.2, 0.25) is 11.8 Å². The van der Waals surface area contributed by atoms with Crippen LogP contribution in [0.3, 0.4) is 0 Å². The Bertz CT molecular complexity index is 2690. The van der Waals surface area contributed by atoms with Gasteiger partial charge in [-0.25, -0.2) is 15.4 Å². The molecule has 3 saturated heterocycles. The van der Waals surface area contributed by atoms with Gasteiger partial charge in [0.1, 0.15) is 36.3 Å². The van der Waals surface area contributed by atoms with Gasteiger partial charge in [-0.2, -0.15) is 0 Å². The van der Waals surface area contributed by atoms with Gasteiger partial charge in [-0.1, -0.05) is 39.7 Å². The van der Waals surface area contributed by atoms with Gasteiger partial charge in [0, 0.05) is 87.7 Å². The molecule has 4 amide bonds. The molecule has 378 valence electrons. The zero-order chi connectivity index (χ0) is 50.6. The number of cyclic esters (lactones) is 1. The quantitative estimate of drug-likeness (QED) is 0.161. The normalized spacial score (nSPS) is 22.3. The summed E-state index contributed by atoms with van der Waals surface area (Å²) in [6, 6.07) is 7.80. The number of hydrogen-bond acceptors (Lipinski definition) is 13. The highest BCUT2D eigenvalue weighted by Gasteiger charge is 2.43. The molecule has 0 aliphatic carbocycles. The lowest BCUT2D eigenvalue weighted by Crippen LogP contribution is -2.63. The van der Waals surface area contributed by atoms with E-state index >= 15 is 4.79 Å². The first-order valence-corrected chi connectivity index (χ1v) is 24.7. The highest BCUT2D eigenvalue weighted by Crippen LogP contribution is 2.41. The molecule has 71 heavy (non-hydrogen) atoms. The molecule has 0 radical (unpaired) electrons. The number of ether oxygens (including phenoxy) is 3. The number of carbonyl (C=O) groups excluding carboxylic acids is 5. The van der Waals surface area contributed by atoms with Crippen molar-refractivity contribution in [3.63, 3.8) is 0 Å². The Morgan fingerprint density at radius 3 is 2.49 bits per heavy atom. The molecule has 3 N–H and O–H groups in total. The molecule has 0 unspecified atom stereocenters. The fourth-order valence-corrected chi connectivity index (χ4v) is 10.5. The van der Waals surface area contributed by atoms with Crippen molar-refractivity contribution < 1.29 is 43.3 Å². The smallest absolute Gasteiger partial charge is 0.324 e. The summed E-state index contributed by atoms with van der Waals surface area (Å²) in [7, 11) is 2.99. The Kier molecular flexibility index (Phi) is 15.8. The average molecular weight is 974 g/mol. The van der Waals surface area contributed by atoms with Gasteiger partial charge in [0.05, 0.1) is 38.0 Å². The first kappa shape index (κ1) is 51.0. The van der Waals surface area contributed by atoms with Gasteiger partial charge in [-0.3, -0.25) is 33.9 Å². The second kappa shape index (κ2) is 21.9. The van der Waals surface area contributed by atoms with Gasteiger partial charge in [-0.05, 0) is 97.0 Å². The number of benzene rings is 2. The van der Waals surface area contributed by atoms with E-state index in [1.54, 1.807) is 30.4 Å². The van der Waals surface area contributed by atoms with Gasteiger partial charge in [0.25, 0.3) is 11.8 Å². The lowest BCUT2D eigenvalue weighted by atomic mass is 9.84. The maximum atomic E-state index is 15.0. The summed E-state index contributed by atoms with van der Waals surface area (Å²) < 4.78 is 19.9. The van der Waals surface area contributed by atoms with Crippen molar-refractivity contribution in [2.45, 2.75) is 91.1 Å². The van der Waals surface area contributed by atoms with E-state index in [2.05, 4.69) is 68.9 Å². The van der Waals surface area contributed by atoms with E-state index in [0.29, 0.717) is 69.7 Å². The van der Waals surface area contributed by atoms with Crippen molar-refractivity contribution in [1.82, 2.24) is 45.0 Å². The average Bonchev–Trinajstić information content (AvgIpc) is 3.98. The van der Waals surface area contributed by atoms with Crippen LogP contribution in [-0.2, 0) is 51.1 Å². The minimum absolute atomic E-state index is 0.0855. The molecule has 8 rings (SSSR count). The number of nitrogens with zero attached hydrogens (tertiary/aromatic N) is 7. The number of nitrogens with one attached hydrogen (secondary N) is 2. The minimum atomic E-state index is -1.41. The van der Waals surface area contributed by atoms with Crippen LogP contribution < -0.4 is 10.7 Å². The van der Waals surface area contributed by atoms with Gasteiger partial charge >= 0.3 is 5.97 Å². The fraction of sp³-hybridized carbons (Fsp3) is 0.528. The topological polar surface area (TPSA) is 201 Å². The van der Waals surface area contributed by atoms with Gasteiger partial charge < -0.3 is 39.0 Å². The van der Waals surface area contributed by atoms with E-state index in [-0.39, 0.29) is 37.3 Å². The number of phenolic OH excluding ortho intramolecular Hbond substituents is 1. The number of phenols is 1. The Balaban J connectivity index is 1.13. The number of aromatic nitrogens is 3. The number of esters is 1. The molecule has 6 heterocycles. The summed E-state index contributed by atoms with van der Waals surface area (Å²) in [5.74, 6) is 2.27. The maximum absolute atomic E-state index is 15.0. The highest BCUT2D eigenvalue weighted by molar-refractivity contribution is 5.97. The molecule has 2 aromatic carbocycles. The van der Waals surface area contributed by atoms with Crippen molar-refractivity contribution >= 4 is 40.5 Å². The van der Waals surface area contributed by atoms with Crippen LogP contribution >= 0.6 is 0 Å². The lowest BCUT2D eigenvalue weighted by Gasteiger charge is -2.38. The summed E-state index contributed by atoms with van der Waals surface area (Å²) in [5, 5.41) is 16.7. The predicted octanol–water partition coefficient (Wildman–Crippen LogP) is 3.95. The monoisotopic (exact) mass is 974 g/mol. The zero-order valence-corrected chi connectivity index (χ0v) is 41.9. The van der Waals surface area contributed by atoms with Crippen LogP contribution in [0.25, 0.3) is 33.3 Å². The number of rotatable bonds is 9. The van der Waals surface area contributed by atoms with E-state index in [0.717, 1.165) is 46.4 Å². The van der Waals surface area contributed by atoms with E-state index in [1.807, 2.05) is 32.0 Å². The Morgan fingerprint density at radius 1 is 1.01 bits per heavy atom. The number of methoxy groups -OCH3 is 1. The Morgan fingerprint density at radius 2 is 1.77 bits per heavy atom. The number of hydrazine groups is 1. The number of amides is 4. The highest BCUT2D eigenvalue weighted by atomic mass is 16.5. The molecule has 18 nitrogen and oxygen atoms in total. The number of fused-ring (bicyclic) bond motifs is 6. The number of hydrogen-bond donors (Lipinski definition) is 3. The second-order valence-corrected chi connectivity index (χ2v) is 20.2. The Labute approximate surface area is 415 Å². The van der Waals surface area contributed by atoms with Crippen molar-refractivity contribution in [2.75, 3.05) is 73.2 Å². The van der Waals surface area contributed by atoms with Crippen LogP contribution in [0, 0.1) is 29.1 Å². The van der Waals surface area contributed by atoms with Crippen LogP contribution in [-0.4, -0.2) is 160 Å². The van der Waals surface area contributed by atoms with Crippen molar-refractivity contribution in [2.24, 2.45) is 17.3 Å².